The van der Waals surface area contributed by atoms with Gasteiger partial charge in [-0.2, -0.15) is 0 Å². The van der Waals surface area contributed by atoms with Crippen LogP contribution in [0.4, 0.5) is 11.4 Å². The highest BCUT2D eigenvalue weighted by atomic mass is 32.1. The Morgan fingerprint density at radius 2 is 1.22 bits per heavy atom. The number of thiophene rings is 1. The molecule has 0 saturated carbocycles. The van der Waals surface area contributed by atoms with Gasteiger partial charge in [-0.1, -0.05) is 166 Å². The van der Waals surface area contributed by atoms with Crippen LogP contribution in [0, 0.1) is 5.92 Å². The van der Waals surface area contributed by atoms with E-state index in [2.05, 4.69) is 230 Å². The molecule has 0 aliphatic heterocycles. The Morgan fingerprint density at radius 1 is 0.550 bits per heavy atom. The van der Waals surface area contributed by atoms with Crippen molar-refractivity contribution in [3.8, 4) is 27.9 Å². The lowest BCUT2D eigenvalue weighted by Crippen LogP contribution is -2.28. The highest BCUT2D eigenvalue weighted by Crippen LogP contribution is 2.55. The smallest absolute Gasteiger partial charge is 0.0554 e. The van der Waals surface area contributed by atoms with Crippen molar-refractivity contribution >= 4 is 64.7 Å². The second-order valence-electron chi connectivity index (χ2n) is 16.9. The average molecular weight is 787 g/mol. The monoisotopic (exact) mass is 786 g/mol. The van der Waals surface area contributed by atoms with Crippen molar-refractivity contribution in [1.82, 2.24) is 4.57 Å². The molecule has 2 unspecified atom stereocenters. The lowest BCUT2D eigenvalue weighted by molar-refractivity contribution is 0.392. The fraction of sp³-hybridized carbons (Fsp3) is 0.0877. The van der Waals surface area contributed by atoms with Gasteiger partial charge >= 0.3 is 0 Å². The van der Waals surface area contributed by atoms with Crippen LogP contribution in [0.15, 0.2) is 212 Å². The Morgan fingerprint density at radius 3 is 2.03 bits per heavy atom. The van der Waals surface area contributed by atoms with Gasteiger partial charge in [0.25, 0.3) is 0 Å². The Bertz CT molecular complexity index is 3320. The number of anilines is 2. The minimum atomic E-state index is -0.0143. The minimum Gasteiger partial charge on any atom is -0.310 e. The predicted octanol–water partition coefficient (Wildman–Crippen LogP) is 15.8. The first-order chi connectivity index (χ1) is 29.5. The molecule has 0 N–H and O–H groups in total. The average Bonchev–Trinajstić information content (AvgIpc) is 3.93. The quantitative estimate of drug-likeness (QED) is 0.163. The van der Waals surface area contributed by atoms with E-state index in [1.807, 2.05) is 11.3 Å². The molecular formula is C57H42N2S. The van der Waals surface area contributed by atoms with E-state index in [4.69, 9.17) is 0 Å². The molecule has 2 aromatic heterocycles. The summed E-state index contributed by atoms with van der Waals surface area (Å²) in [7, 11) is 0. The van der Waals surface area contributed by atoms with E-state index in [1.54, 1.807) is 0 Å². The van der Waals surface area contributed by atoms with E-state index in [0.717, 1.165) is 11.4 Å². The summed E-state index contributed by atoms with van der Waals surface area (Å²) in [5.74, 6) is 0.668. The van der Waals surface area contributed by atoms with E-state index in [-0.39, 0.29) is 5.41 Å². The fourth-order valence-corrected chi connectivity index (χ4v) is 11.7. The van der Waals surface area contributed by atoms with Crippen LogP contribution in [-0.4, -0.2) is 4.57 Å². The van der Waals surface area contributed by atoms with Gasteiger partial charge in [-0.15, -0.1) is 11.3 Å². The van der Waals surface area contributed by atoms with Crippen LogP contribution in [0.25, 0.3) is 69.9 Å². The number of rotatable bonds is 6. The van der Waals surface area contributed by atoms with Gasteiger partial charge in [-0.25, -0.2) is 0 Å². The van der Waals surface area contributed by atoms with Crippen LogP contribution in [0.5, 0.6) is 0 Å². The first-order valence-corrected chi connectivity index (χ1v) is 21.8. The van der Waals surface area contributed by atoms with E-state index in [9.17, 15) is 0 Å². The van der Waals surface area contributed by atoms with Gasteiger partial charge in [0.2, 0.25) is 0 Å². The normalized spacial score (nSPS) is 16.7. The highest BCUT2D eigenvalue weighted by molar-refractivity contribution is 7.26. The lowest BCUT2D eigenvalue weighted by Gasteiger charge is -2.35. The molecule has 0 bridgehead atoms. The summed E-state index contributed by atoms with van der Waals surface area (Å²) in [5, 5.41) is 5.12. The van der Waals surface area contributed by atoms with Crippen LogP contribution in [0.2, 0.25) is 0 Å². The molecule has 2 aliphatic rings. The Balaban J connectivity index is 1.10. The van der Waals surface area contributed by atoms with Gasteiger partial charge in [-0.3, -0.25) is 0 Å². The number of aromatic nitrogens is 1. The van der Waals surface area contributed by atoms with Crippen molar-refractivity contribution < 1.29 is 0 Å². The third-order valence-corrected chi connectivity index (χ3v) is 14.4. The molecule has 2 nitrogen and oxygen atoms in total. The zero-order valence-corrected chi connectivity index (χ0v) is 34.4. The molecule has 8 aromatic carbocycles. The SMILES string of the molecule is CC1(C)c2ccccc2C2C=CC(N(c3ccc(-c4ccccc4-n4c5ccccc5c5ccccc54)c(-c4ccccc4)c3)c3cccc4sc5ccccc5c34)=CC21. The van der Waals surface area contributed by atoms with Crippen molar-refractivity contribution in [1.29, 1.82) is 0 Å². The molecule has 0 radical (unpaired) electrons. The second-order valence-corrected chi connectivity index (χ2v) is 18.0. The Labute approximate surface area is 354 Å². The molecule has 2 atom stereocenters. The minimum absolute atomic E-state index is 0.0143. The van der Waals surface area contributed by atoms with Crippen molar-refractivity contribution in [3.05, 3.63) is 223 Å². The number of allylic oxidation sites excluding steroid dienone is 3. The van der Waals surface area contributed by atoms with Crippen LogP contribution >= 0.6 is 11.3 Å². The highest BCUT2D eigenvalue weighted by Gasteiger charge is 2.45. The van der Waals surface area contributed by atoms with E-state index >= 15 is 0 Å². The van der Waals surface area contributed by atoms with Crippen molar-refractivity contribution in [3.63, 3.8) is 0 Å². The Kier molecular flexibility index (Phi) is 7.92. The topological polar surface area (TPSA) is 8.17 Å². The summed E-state index contributed by atoms with van der Waals surface area (Å²) in [6.45, 7) is 4.86. The number of hydrogen-bond acceptors (Lipinski definition) is 2. The molecule has 3 heteroatoms. The number of hydrogen-bond donors (Lipinski definition) is 0. The van der Waals surface area contributed by atoms with Crippen molar-refractivity contribution in [2.24, 2.45) is 5.92 Å². The standard InChI is InChI=1S/C57H42N2S/c1-57(2)48-24-11-6-19-41(48)42-34-32-39(36-49(42)57)58(53-28-16-30-55-56(53)46-23-10-15-29-54(46)60-55)38-31-33-40(47(35-38)37-17-4-3-5-18-37)43-20-7-12-25-50(43)59-51-26-13-8-21-44(51)45-22-9-14-27-52(45)59/h3-36,42,49H,1-2H3. The predicted molar refractivity (Wildman–Crippen MR) is 256 cm³/mol. The first kappa shape index (κ1) is 35.0. The van der Waals surface area contributed by atoms with Crippen molar-refractivity contribution in [2.45, 2.75) is 25.2 Å². The summed E-state index contributed by atoms with van der Waals surface area (Å²) >= 11 is 1.88. The maximum atomic E-state index is 2.58. The molecule has 10 aromatic rings. The summed E-state index contributed by atoms with van der Waals surface area (Å²) in [6.07, 6.45) is 7.44. The van der Waals surface area contributed by atoms with Gasteiger partial charge in [0, 0.05) is 53.8 Å². The maximum absolute atomic E-state index is 2.58. The van der Waals surface area contributed by atoms with E-state index in [1.165, 1.54) is 86.7 Å². The first-order valence-electron chi connectivity index (χ1n) is 21.0. The number of para-hydroxylation sites is 3. The molecule has 0 amide bonds. The Hall–Kier alpha value is -6.94. The summed E-state index contributed by atoms with van der Waals surface area (Å²) in [4.78, 5) is 2.54. The molecule has 2 heterocycles. The number of nitrogens with zero attached hydrogens (tertiary/aromatic N) is 2. The van der Waals surface area contributed by atoms with Gasteiger partial charge in [0.15, 0.2) is 0 Å². The van der Waals surface area contributed by atoms with E-state index < -0.39 is 0 Å². The third kappa shape index (κ3) is 5.25. The number of benzene rings is 8. The molecular weight excluding hydrogens is 745 g/mol. The van der Waals surface area contributed by atoms with Crippen LogP contribution in [0.3, 0.4) is 0 Å². The maximum Gasteiger partial charge on any atom is 0.0554 e. The molecule has 0 fully saturated rings. The molecule has 0 saturated heterocycles. The van der Waals surface area contributed by atoms with Gasteiger partial charge in [0.1, 0.15) is 0 Å². The van der Waals surface area contributed by atoms with Crippen LogP contribution < -0.4 is 4.90 Å². The van der Waals surface area contributed by atoms with Crippen molar-refractivity contribution in [2.75, 3.05) is 4.90 Å². The summed E-state index contributed by atoms with van der Waals surface area (Å²) in [5.41, 5.74) is 14.8. The summed E-state index contributed by atoms with van der Waals surface area (Å²) in [6, 6.07) is 69.4. The zero-order valence-electron chi connectivity index (χ0n) is 33.6. The van der Waals surface area contributed by atoms with Crippen LogP contribution in [0.1, 0.15) is 30.9 Å². The molecule has 2 aliphatic carbocycles. The molecule has 286 valence electrons. The van der Waals surface area contributed by atoms with Crippen LogP contribution in [-0.2, 0) is 5.41 Å². The third-order valence-electron chi connectivity index (χ3n) is 13.3. The largest absolute Gasteiger partial charge is 0.310 e. The van der Waals surface area contributed by atoms with Gasteiger partial charge in [-0.05, 0) is 93.8 Å². The molecule has 0 spiro atoms. The van der Waals surface area contributed by atoms with E-state index in [0.29, 0.717) is 11.8 Å². The fourth-order valence-electron chi connectivity index (χ4n) is 10.5. The lowest BCUT2D eigenvalue weighted by atomic mass is 9.74. The molecule has 60 heavy (non-hydrogen) atoms. The summed E-state index contributed by atoms with van der Waals surface area (Å²) < 4.78 is 5.06. The second kappa shape index (κ2) is 13.6. The van der Waals surface area contributed by atoms with Gasteiger partial charge < -0.3 is 9.47 Å². The zero-order chi connectivity index (χ0) is 40.0. The molecule has 12 rings (SSSR count). The van der Waals surface area contributed by atoms with Gasteiger partial charge in [0.05, 0.1) is 22.4 Å². The number of fused-ring (bicyclic) bond motifs is 9.